The average Bonchev–Trinajstić information content (AvgIpc) is 2.07. The Labute approximate surface area is 82.4 Å². The quantitative estimate of drug-likeness (QED) is 0.595. The van der Waals surface area contributed by atoms with Gasteiger partial charge in [-0.3, -0.25) is 4.79 Å². The zero-order valence-corrected chi connectivity index (χ0v) is 8.16. The molecule has 2 amide bonds. The van der Waals surface area contributed by atoms with Crippen LogP contribution in [0.2, 0.25) is 0 Å². The minimum atomic E-state index is -0.367. The average molecular weight is 201 g/mol. The van der Waals surface area contributed by atoms with Crippen molar-refractivity contribution in [2.24, 2.45) is 11.7 Å². The Morgan fingerprint density at radius 3 is 2.71 bits per heavy atom. The third-order valence-electron chi connectivity index (χ3n) is 2.12. The first-order chi connectivity index (χ1) is 6.63. The molecule has 1 heterocycles. The molecule has 0 atom stereocenters. The fraction of sp³-hybridized carbons (Fsp3) is 0.750. The highest BCUT2D eigenvalue weighted by molar-refractivity contribution is 5.75. The Kier molecular flexibility index (Phi) is 3.70. The molecule has 0 aromatic carbocycles. The van der Waals surface area contributed by atoms with Gasteiger partial charge >= 0.3 is 6.09 Å². The molecular formula is C8H15N3O3. The van der Waals surface area contributed by atoms with Gasteiger partial charge in [0.05, 0.1) is 13.7 Å². The van der Waals surface area contributed by atoms with Crippen LogP contribution in [0.3, 0.4) is 0 Å². The highest BCUT2D eigenvalue weighted by Crippen LogP contribution is 2.14. The summed E-state index contributed by atoms with van der Waals surface area (Å²) in [5, 5.41) is 2.91. The topological polar surface area (TPSA) is 84.7 Å². The summed E-state index contributed by atoms with van der Waals surface area (Å²) in [7, 11) is 1.36. The lowest BCUT2D eigenvalue weighted by Gasteiger charge is -2.37. The van der Waals surface area contributed by atoms with E-state index >= 15 is 0 Å². The number of amides is 2. The molecule has 0 radical (unpaired) electrons. The van der Waals surface area contributed by atoms with Crippen molar-refractivity contribution in [3.05, 3.63) is 0 Å². The van der Waals surface area contributed by atoms with Crippen LogP contribution < -0.4 is 11.1 Å². The number of ether oxygens (including phenoxy) is 1. The maximum atomic E-state index is 10.9. The summed E-state index contributed by atoms with van der Waals surface area (Å²) < 4.78 is 4.54. The summed E-state index contributed by atoms with van der Waals surface area (Å²) in [5.74, 6) is 0.0302. The normalized spacial score (nSPS) is 16.2. The molecule has 1 aliphatic rings. The SMILES string of the molecule is COC(=O)N1CC(CNCC(N)=O)C1. The second kappa shape index (κ2) is 4.80. The largest absolute Gasteiger partial charge is 0.453 e. The number of likely N-dealkylation sites (tertiary alicyclic amines) is 1. The van der Waals surface area contributed by atoms with Gasteiger partial charge in [-0.05, 0) is 0 Å². The molecule has 1 saturated heterocycles. The first-order valence-corrected chi connectivity index (χ1v) is 4.45. The molecule has 0 unspecified atom stereocenters. The Morgan fingerprint density at radius 2 is 2.21 bits per heavy atom. The molecule has 80 valence electrons. The van der Waals surface area contributed by atoms with Gasteiger partial charge in [-0.2, -0.15) is 0 Å². The summed E-state index contributed by atoms with van der Waals surface area (Å²) >= 11 is 0. The molecule has 1 fully saturated rings. The number of hydrogen-bond acceptors (Lipinski definition) is 4. The van der Waals surface area contributed by atoms with Crippen LogP contribution in [0, 0.1) is 5.92 Å². The molecule has 1 rings (SSSR count). The van der Waals surface area contributed by atoms with Crippen LogP contribution in [0.4, 0.5) is 4.79 Å². The van der Waals surface area contributed by atoms with E-state index in [1.165, 1.54) is 7.11 Å². The van der Waals surface area contributed by atoms with Crippen LogP contribution in [0.25, 0.3) is 0 Å². The molecule has 0 aromatic rings. The number of nitrogens with zero attached hydrogens (tertiary/aromatic N) is 1. The van der Waals surface area contributed by atoms with Crippen LogP contribution in [0.15, 0.2) is 0 Å². The molecular weight excluding hydrogens is 186 g/mol. The third-order valence-corrected chi connectivity index (χ3v) is 2.12. The number of primary amides is 1. The van der Waals surface area contributed by atoms with Gasteiger partial charge in [0.2, 0.25) is 5.91 Å². The fourth-order valence-electron chi connectivity index (χ4n) is 1.38. The van der Waals surface area contributed by atoms with E-state index in [1.54, 1.807) is 4.90 Å². The van der Waals surface area contributed by atoms with Gasteiger partial charge in [0.15, 0.2) is 0 Å². The van der Waals surface area contributed by atoms with Crippen molar-refractivity contribution in [1.29, 1.82) is 0 Å². The number of rotatable bonds is 4. The molecule has 0 aliphatic carbocycles. The van der Waals surface area contributed by atoms with Gasteiger partial charge in [-0.25, -0.2) is 4.79 Å². The van der Waals surface area contributed by atoms with Gasteiger partial charge in [-0.1, -0.05) is 0 Å². The molecule has 14 heavy (non-hydrogen) atoms. The summed E-state index contributed by atoms with van der Waals surface area (Å²) in [6.07, 6.45) is -0.295. The minimum Gasteiger partial charge on any atom is -0.453 e. The lowest BCUT2D eigenvalue weighted by molar-refractivity contribution is -0.117. The fourth-order valence-corrected chi connectivity index (χ4v) is 1.38. The first-order valence-electron chi connectivity index (χ1n) is 4.45. The molecule has 0 aromatic heterocycles. The number of nitrogens with one attached hydrogen (secondary N) is 1. The van der Waals surface area contributed by atoms with Gasteiger partial charge in [0, 0.05) is 25.6 Å². The van der Waals surface area contributed by atoms with Crippen molar-refractivity contribution < 1.29 is 14.3 Å². The van der Waals surface area contributed by atoms with Gasteiger partial charge in [-0.15, -0.1) is 0 Å². The van der Waals surface area contributed by atoms with Crippen LogP contribution >= 0.6 is 0 Å². The lowest BCUT2D eigenvalue weighted by Crippen LogP contribution is -2.53. The van der Waals surface area contributed by atoms with E-state index in [-0.39, 0.29) is 18.5 Å². The number of hydrogen-bond donors (Lipinski definition) is 2. The van der Waals surface area contributed by atoms with Crippen LogP contribution in [-0.2, 0) is 9.53 Å². The lowest BCUT2D eigenvalue weighted by atomic mass is 10.0. The predicted octanol–water partition coefficient (Wildman–Crippen LogP) is -1.24. The monoisotopic (exact) mass is 201 g/mol. The van der Waals surface area contributed by atoms with Crippen LogP contribution in [0.5, 0.6) is 0 Å². The zero-order valence-electron chi connectivity index (χ0n) is 8.16. The van der Waals surface area contributed by atoms with E-state index in [0.717, 1.165) is 0 Å². The van der Waals surface area contributed by atoms with E-state index in [0.29, 0.717) is 25.6 Å². The van der Waals surface area contributed by atoms with Crippen molar-refractivity contribution >= 4 is 12.0 Å². The van der Waals surface area contributed by atoms with E-state index in [2.05, 4.69) is 10.1 Å². The second-order valence-corrected chi connectivity index (χ2v) is 3.34. The summed E-state index contributed by atoms with van der Waals surface area (Å²) in [5.41, 5.74) is 4.95. The highest BCUT2D eigenvalue weighted by Gasteiger charge is 2.30. The van der Waals surface area contributed by atoms with Crippen molar-refractivity contribution in [3.63, 3.8) is 0 Å². The summed E-state index contributed by atoms with van der Waals surface area (Å²) in [6.45, 7) is 2.25. The summed E-state index contributed by atoms with van der Waals surface area (Å²) in [6, 6.07) is 0. The number of nitrogens with two attached hydrogens (primary N) is 1. The molecule has 6 nitrogen and oxygen atoms in total. The standard InChI is InChI=1S/C8H15N3O3/c1-14-8(13)11-4-6(5-11)2-10-3-7(9)12/h6,10H,2-5H2,1H3,(H2,9,12). The van der Waals surface area contributed by atoms with Gasteiger partial charge < -0.3 is 20.7 Å². The number of carbonyl (C=O) groups excluding carboxylic acids is 2. The highest BCUT2D eigenvalue weighted by atomic mass is 16.5. The molecule has 0 saturated carbocycles. The van der Waals surface area contributed by atoms with Gasteiger partial charge in [0.25, 0.3) is 0 Å². The molecule has 0 spiro atoms. The van der Waals surface area contributed by atoms with E-state index < -0.39 is 0 Å². The molecule has 3 N–H and O–H groups in total. The molecule has 0 bridgehead atoms. The Bertz CT molecular complexity index is 226. The van der Waals surface area contributed by atoms with Crippen molar-refractivity contribution in [1.82, 2.24) is 10.2 Å². The van der Waals surface area contributed by atoms with Gasteiger partial charge in [0.1, 0.15) is 0 Å². The Balaban J connectivity index is 2.04. The third kappa shape index (κ3) is 2.88. The first kappa shape index (κ1) is 10.8. The Morgan fingerprint density at radius 1 is 1.57 bits per heavy atom. The maximum Gasteiger partial charge on any atom is 0.409 e. The van der Waals surface area contributed by atoms with Crippen molar-refractivity contribution in [2.45, 2.75) is 0 Å². The van der Waals surface area contributed by atoms with Crippen molar-refractivity contribution in [3.8, 4) is 0 Å². The van der Waals surface area contributed by atoms with Crippen LogP contribution in [0.1, 0.15) is 0 Å². The van der Waals surface area contributed by atoms with E-state index in [9.17, 15) is 9.59 Å². The molecule has 6 heteroatoms. The Hall–Kier alpha value is -1.30. The summed E-state index contributed by atoms with van der Waals surface area (Å²) in [4.78, 5) is 22.9. The number of methoxy groups -OCH3 is 1. The maximum absolute atomic E-state index is 10.9. The van der Waals surface area contributed by atoms with E-state index in [4.69, 9.17) is 5.73 Å². The molecule has 1 aliphatic heterocycles. The smallest absolute Gasteiger partial charge is 0.409 e. The second-order valence-electron chi connectivity index (χ2n) is 3.34. The zero-order chi connectivity index (χ0) is 10.6. The van der Waals surface area contributed by atoms with E-state index in [1.807, 2.05) is 0 Å². The minimum absolute atomic E-state index is 0.189. The predicted molar refractivity (Wildman–Crippen MR) is 49.5 cm³/mol. The van der Waals surface area contributed by atoms with Crippen molar-refractivity contribution in [2.75, 3.05) is 33.3 Å². The van der Waals surface area contributed by atoms with Crippen LogP contribution in [-0.4, -0.2) is 50.2 Å². The number of carbonyl (C=O) groups is 2.